The van der Waals surface area contributed by atoms with Crippen LogP contribution in [0.1, 0.15) is 11.1 Å². The maximum absolute atomic E-state index is 12.1. The highest BCUT2D eigenvalue weighted by molar-refractivity contribution is 7.99. The molecular weight excluding hydrogens is 415 g/mol. The first-order valence-electron chi connectivity index (χ1n) is 8.53. The Bertz CT molecular complexity index is 937. The van der Waals surface area contributed by atoms with E-state index in [1.165, 1.54) is 18.1 Å². The minimum Gasteiger partial charge on any atom is -0.366 e. The van der Waals surface area contributed by atoms with Crippen molar-refractivity contribution in [1.29, 1.82) is 0 Å². The van der Waals surface area contributed by atoms with Gasteiger partial charge in [0.25, 0.3) is 0 Å². The van der Waals surface area contributed by atoms with Gasteiger partial charge in [-0.15, -0.1) is 0 Å². The Kier molecular flexibility index (Phi) is 7.54. The lowest BCUT2D eigenvalue weighted by molar-refractivity contribution is -0.118. The molecule has 0 aliphatic carbocycles. The molecule has 3 rings (SSSR count). The van der Waals surface area contributed by atoms with Gasteiger partial charge >= 0.3 is 0 Å². The fourth-order valence-corrected chi connectivity index (χ4v) is 3.36. The number of nitrogens with zero attached hydrogens (tertiary/aromatic N) is 2. The van der Waals surface area contributed by atoms with Crippen LogP contribution in [0.5, 0.6) is 0 Å². The molecule has 8 heteroatoms. The molecule has 0 aliphatic heterocycles. The zero-order valence-corrected chi connectivity index (χ0v) is 17.2. The molecule has 0 saturated heterocycles. The second-order valence-electron chi connectivity index (χ2n) is 5.88. The van der Waals surface area contributed by atoms with E-state index in [1.54, 1.807) is 6.07 Å². The summed E-state index contributed by atoms with van der Waals surface area (Å²) in [5.41, 5.74) is 1.98. The normalized spacial score (nSPS) is 10.5. The molecular formula is C20H18Cl2N4OS. The van der Waals surface area contributed by atoms with Crippen molar-refractivity contribution in [1.82, 2.24) is 15.3 Å². The maximum Gasteiger partial charge on any atom is 0.230 e. The Hall–Kier alpha value is -2.28. The molecule has 28 heavy (non-hydrogen) atoms. The van der Waals surface area contributed by atoms with Crippen LogP contribution in [0.2, 0.25) is 10.0 Å². The Morgan fingerprint density at radius 2 is 1.79 bits per heavy atom. The third kappa shape index (κ3) is 6.41. The number of hydrogen-bond acceptors (Lipinski definition) is 5. The minimum atomic E-state index is -0.0841. The summed E-state index contributed by atoms with van der Waals surface area (Å²) < 4.78 is 0. The van der Waals surface area contributed by atoms with Crippen LogP contribution in [0, 0.1) is 0 Å². The van der Waals surface area contributed by atoms with E-state index >= 15 is 0 Å². The summed E-state index contributed by atoms with van der Waals surface area (Å²) in [5, 5.41) is 8.17. The van der Waals surface area contributed by atoms with Gasteiger partial charge in [0.05, 0.1) is 5.75 Å². The number of benzene rings is 2. The Labute approximate surface area is 177 Å². The number of carbonyl (C=O) groups is 1. The molecule has 2 aromatic carbocycles. The fourth-order valence-electron chi connectivity index (χ4n) is 2.34. The number of rotatable bonds is 8. The van der Waals surface area contributed by atoms with Gasteiger partial charge < -0.3 is 10.6 Å². The van der Waals surface area contributed by atoms with E-state index in [2.05, 4.69) is 20.6 Å². The van der Waals surface area contributed by atoms with Crippen LogP contribution in [-0.4, -0.2) is 21.6 Å². The molecule has 1 heterocycles. The third-order valence-corrected chi connectivity index (χ3v) is 5.36. The van der Waals surface area contributed by atoms with E-state index in [0.29, 0.717) is 29.0 Å². The summed E-state index contributed by atoms with van der Waals surface area (Å²) in [6.07, 6.45) is 1.48. The molecule has 5 nitrogen and oxygen atoms in total. The standard InChI is InChI=1S/C20H18Cl2N4OS/c21-16-7-5-14(6-8-16)10-23-18-9-20(26-13-25-18)28-12-19(27)24-11-15-3-1-2-4-17(15)22/h1-9,13H,10-12H2,(H,24,27)(H,23,25,26). The highest BCUT2D eigenvalue weighted by atomic mass is 35.5. The molecule has 2 N–H and O–H groups in total. The van der Waals surface area contributed by atoms with E-state index in [0.717, 1.165) is 16.2 Å². The predicted octanol–water partition coefficient (Wildman–Crippen LogP) is 4.80. The molecule has 144 valence electrons. The molecule has 0 bridgehead atoms. The van der Waals surface area contributed by atoms with Crippen molar-refractivity contribution >= 4 is 46.7 Å². The van der Waals surface area contributed by atoms with Crippen LogP contribution in [-0.2, 0) is 17.9 Å². The molecule has 0 radical (unpaired) electrons. The minimum absolute atomic E-state index is 0.0841. The number of nitrogens with one attached hydrogen (secondary N) is 2. The van der Waals surface area contributed by atoms with Crippen LogP contribution in [0.3, 0.4) is 0 Å². The molecule has 0 fully saturated rings. The van der Waals surface area contributed by atoms with Gasteiger partial charge in [0.2, 0.25) is 5.91 Å². The van der Waals surface area contributed by atoms with E-state index in [-0.39, 0.29) is 11.7 Å². The molecule has 1 amide bonds. The van der Waals surface area contributed by atoms with Gasteiger partial charge in [-0.25, -0.2) is 9.97 Å². The van der Waals surface area contributed by atoms with Gasteiger partial charge in [-0.2, -0.15) is 0 Å². The van der Waals surface area contributed by atoms with Crippen LogP contribution in [0.25, 0.3) is 0 Å². The van der Waals surface area contributed by atoms with Crippen molar-refractivity contribution in [3.05, 3.63) is 82.1 Å². The van der Waals surface area contributed by atoms with Gasteiger partial charge in [0, 0.05) is 29.2 Å². The van der Waals surface area contributed by atoms with Crippen LogP contribution >= 0.6 is 35.0 Å². The second kappa shape index (κ2) is 10.3. The summed E-state index contributed by atoms with van der Waals surface area (Å²) in [4.78, 5) is 20.5. The van der Waals surface area contributed by atoms with Gasteiger partial charge in [0.1, 0.15) is 17.2 Å². The lowest BCUT2D eigenvalue weighted by atomic mass is 10.2. The van der Waals surface area contributed by atoms with Crippen LogP contribution in [0.4, 0.5) is 5.82 Å². The smallest absolute Gasteiger partial charge is 0.230 e. The zero-order chi connectivity index (χ0) is 19.8. The molecule has 0 aliphatic rings. The topological polar surface area (TPSA) is 66.9 Å². The van der Waals surface area contributed by atoms with Gasteiger partial charge in [-0.1, -0.05) is 65.3 Å². The van der Waals surface area contributed by atoms with Gasteiger partial charge in [-0.05, 0) is 29.3 Å². The predicted molar refractivity (Wildman–Crippen MR) is 115 cm³/mol. The van der Waals surface area contributed by atoms with Crippen molar-refractivity contribution in [2.45, 2.75) is 18.1 Å². The highest BCUT2D eigenvalue weighted by Crippen LogP contribution is 2.18. The number of hydrogen-bond donors (Lipinski definition) is 2. The fraction of sp³-hybridized carbons (Fsp3) is 0.150. The Morgan fingerprint density at radius 1 is 1.00 bits per heavy atom. The van der Waals surface area contributed by atoms with Crippen LogP contribution in [0.15, 0.2) is 66.0 Å². The number of anilines is 1. The lowest BCUT2D eigenvalue weighted by Crippen LogP contribution is -2.24. The van der Waals surface area contributed by atoms with Crippen molar-refractivity contribution in [3.63, 3.8) is 0 Å². The van der Waals surface area contributed by atoms with Crippen LogP contribution < -0.4 is 10.6 Å². The van der Waals surface area contributed by atoms with Crippen molar-refractivity contribution in [2.75, 3.05) is 11.1 Å². The number of aromatic nitrogens is 2. The maximum atomic E-state index is 12.1. The summed E-state index contributed by atoms with van der Waals surface area (Å²) in [6, 6.07) is 16.9. The number of halogens is 2. The first-order valence-corrected chi connectivity index (χ1v) is 10.3. The summed E-state index contributed by atoms with van der Waals surface area (Å²) in [5.74, 6) is 0.876. The summed E-state index contributed by atoms with van der Waals surface area (Å²) in [6.45, 7) is 1.02. The largest absolute Gasteiger partial charge is 0.366 e. The quantitative estimate of drug-likeness (QED) is 0.395. The Morgan fingerprint density at radius 3 is 2.57 bits per heavy atom. The first kappa shape index (κ1) is 20.5. The average molecular weight is 433 g/mol. The van der Waals surface area contributed by atoms with E-state index < -0.39 is 0 Å². The molecule has 3 aromatic rings. The van der Waals surface area contributed by atoms with E-state index in [9.17, 15) is 4.79 Å². The highest BCUT2D eigenvalue weighted by Gasteiger charge is 2.06. The Balaban J connectivity index is 1.46. The van der Waals surface area contributed by atoms with Gasteiger partial charge in [0.15, 0.2) is 0 Å². The average Bonchev–Trinajstić information content (AvgIpc) is 2.71. The summed E-state index contributed by atoms with van der Waals surface area (Å²) in [7, 11) is 0. The number of thioether (sulfide) groups is 1. The SMILES string of the molecule is O=C(CSc1cc(NCc2ccc(Cl)cc2)ncn1)NCc1ccccc1Cl. The molecule has 1 aromatic heterocycles. The van der Waals surface area contributed by atoms with E-state index in [4.69, 9.17) is 23.2 Å². The number of amides is 1. The molecule has 0 spiro atoms. The summed E-state index contributed by atoms with van der Waals surface area (Å²) >= 11 is 13.3. The third-order valence-electron chi connectivity index (χ3n) is 3.81. The monoisotopic (exact) mass is 432 g/mol. The molecule has 0 saturated carbocycles. The molecule has 0 atom stereocenters. The van der Waals surface area contributed by atoms with E-state index in [1.807, 2.05) is 48.5 Å². The lowest BCUT2D eigenvalue weighted by Gasteiger charge is -2.08. The second-order valence-corrected chi connectivity index (χ2v) is 7.72. The molecule has 0 unspecified atom stereocenters. The first-order chi connectivity index (χ1) is 13.6. The van der Waals surface area contributed by atoms with Gasteiger partial charge in [-0.3, -0.25) is 4.79 Å². The number of carbonyl (C=O) groups excluding carboxylic acids is 1. The van der Waals surface area contributed by atoms with Crippen molar-refractivity contribution < 1.29 is 4.79 Å². The zero-order valence-electron chi connectivity index (χ0n) is 14.9. The van der Waals surface area contributed by atoms with Crippen molar-refractivity contribution in [3.8, 4) is 0 Å². The van der Waals surface area contributed by atoms with Crippen molar-refractivity contribution in [2.24, 2.45) is 0 Å².